The number of pyridine rings is 1. The van der Waals surface area contributed by atoms with Crippen LogP contribution in [0.4, 0.5) is 5.69 Å². The number of rotatable bonds is 3. The molecule has 1 unspecified atom stereocenters. The maximum absolute atomic E-state index is 4.22. The van der Waals surface area contributed by atoms with E-state index in [0.29, 0.717) is 11.5 Å². The normalized spacial score (nSPS) is 41.2. The van der Waals surface area contributed by atoms with Crippen LogP contribution in [0.25, 0.3) is 0 Å². The fourth-order valence-electron chi connectivity index (χ4n) is 5.56. The van der Waals surface area contributed by atoms with Gasteiger partial charge in [0.05, 0.1) is 5.69 Å². The Morgan fingerprint density at radius 2 is 1.79 bits per heavy atom. The molecule has 0 amide bonds. The fraction of sp³-hybridized carbons (Fsp3) is 0.706. The summed E-state index contributed by atoms with van der Waals surface area (Å²) in [4.78, 5) is 4.22. The van der Waals surface area contributed by atoms with Gasteiger partial charge in [0.1, 0.15) is 0 Å². The first-order chi connectivity index (χ1) is 9.23. The molecule has 4 saturated carbocycles. The molecule has 0 spiro atoms. The number of hydrogen-bond donors (Lipinski definition) is 1. The van der Waals surface area contributed by atoms with Gasteiger partial charge < -0.3 is 5.32 Å². The van der Waals surface area contributed by atoms with Crippen molar-refractivity contribution >= 4 is 5.69 Å². The first-order valence-electron chi connectivity index (χ1n) is 7.90. The van der Waals surface area contributed by atoms with Crippen LogP contribution in [0.1, 0.15) is 45.4 Å². The number of anilines is 1. The average Bonchev–Trinajstić information content (AvgIpc) is 2.38. The molecule has 1 aromatic rings. The first kappa shape index (κ1) is 11.7. The molecule has 1 atom stereocenters. The van der Waals surface area contributed by atoms with Crippen molar-refractivity contribution < 1.29 is 0 Å². The molecule has 2 nitrogen and oxygen atoms in total. The zero-order chi connectivity index (χ0) is 12.9. The third-order valence-corrected chi connectivity index (χ3v) is 6.05. The van der Waals surface area contributed by atoms with Crippen LogP contribution in [-0.2, 0) is 0 Å². The second kappa shape index (κ2) is 4.22. The highest BCUT2D eigenvalue weighted by atomic mass is 14.9. The van der Waals surface area contributed by atoms with E-state index in [1.165, 1.54) is 44.2 Å². The third kappa shape index (κ3) is 1.96. The lowest BCUT2D eigenvalue weighted by molar-refractivity contribution is -0.0602. The van der Waals surface area contributed by atoms with Crippen molar-refractivity contribution in [1.82, 2.24) is 4.98 Å². The molecule has 4 aliphatic carbocycles. The molecule has 0 saturated heterocycles. The molecule has 0 aliphatic heterocycles. The van der Waals surface area contributed by atoms with E-state index in [-0.39, 0.29) is 0 Å². The predicted octanol–water partition coefficient (Wildman–Crippen LogP) is 4.10. The van der Waals surface area contributed by atoms with Crippen LogP contribution < -0.4 is 5.32 Å². The van der Waals surface area contributed by atoms with Crippen LogP contribution in [0.15, 0.2) is 24.5 Å². The molecule has 1 N–H and O–H groups in total. The van der Waals surface area contributed by atoms with Crippen molar-refractivity contribution in [3.63, 3.8) is 0 Å². The maximum Gasteiger partial charge on any atom is 0.0528 e. The summed E-state index contributed by atoms with van der Waals surface area (Å²) in [5.41, 5.74) is 1.76. The molecule has 0 aromatic carbocycles. The molecule has 1 aromatic heterocycles. The van der Waals surface area contributed by atoms with Gasteiger partial charge in [0.15, 0.2) is 0 Å². The molecule has 2 heteroatoms. The number of aromatic nitrogens is 1. The highest BCUT2D eigenvalue weighted by Crippen LogP contribution is 2.61. The summed E-state index contributed by atoms with van der Waals surface area (Å²) in [6.45, 7) is 2.40. The van der Waals surface area contributed by atoms with Crippen LogP contribution in [0.2, 0.25) is 0 Å². The minimum Gasteiger partial charge on any atom is -0.381 e. The van der Waals surface area contributed by atoms with Crippen molar-refractivity contribution in [3.05, 3.63) is 24.5 Å². The van der Waals surface area contributed by atoms with E-state index in [1.54, 1.807) is 0 Å². The van der Waals surface area contributed by atoms with Crippen molar-refractivity contribution in [2.24, 2.45) is 23.2 Å². The Labute approximate surface area is 116 Å². The quantitative estimate of drug-likeness (QED) is 0.880. The zero-order valence-corrected chi connectivity index (χ0v) is 11.8. The molecular weight excluding hydrogens is 232 g/mol. The smallest absolute Gasteiger partial charge is 0.0528 e. The van der Waals surface area contributed by atoms with Crippen LogP contribution in [0, 0.1) is 23.2 Å². The van der Waals surface area contributed by atoms with Gasteiger partial charge in [-0.1, -0.05) is 0 Å². The summed E-state index contributed by atoms with van der Waals surface area (Å²) >= 11 is 0. The Bertz CT molecular complexity index is 418. The number of nitrogens with one attached hydrogen (secondary N) is 1. The van der Waals surface area contributed by atoms with Gasteiger partial charge in [0, 0.05) is 18.4 Å². The van der Waals surface area contributed by atoms with Crippen molar-refractivity contribution in [1.29, 1.82) is 0 Å². The van der Waals surface area contributed by atoms with E-state index < -0.39 is 0 Å². The fourth-order valence-corrected chi connectivity index (χ4v) is 5.56. The summed E-state index contributed by atoms with van der Waals surface area (Å²) in [6, 6.07) is 4.75. The van der Waals surface area contributed by atoms with Gasteiger partial charge in [-0.2, -0.15) is 0 Å². The maximum atomic E-state index is 4.22. The minimum absolute atomic E-state index is 0.574. The Hall–Kier alpha value is -1.05. The Morgan fingerprint density at radius 3 is 2.32 bits per heavy atom. The first-order valence-corrected chi connectivity index (χ1v) is 7.90. The highest BCUT2D eigenvalue weighted by Gasteiger charge is 2.53. The predicted molar refractivity (Wildman–Crippen MR) is 77.9 cm³/mol. The van der Waals surface area contributed by atoms with Crippen LogP contribution >= 0.6 is 0 Å². The minimum atomic E-state index is 0.574. The SMILES string of the molecule is CC(Nc1cccnc1)C12CC3CC(CC(C3)C1)C2. The molecule has 4 bridgehead atoms. The van der Waals surface area contributed by atoms with E-state index in [4.69, 9.17) is 0 Å². The van der Waals surface area contributed by atoms with Gasteiger partial charge in [0.2, 0.25) is 0 Å². The lowest BCUT2D eigenvalue weighted by Gasteiger charge is -2.59. The van der Waals surface area contributed by atoms with Crippen LogP contribution in [0.3, 0.4) is 0 Å². The summed E-state index contributed by atoms with van der Waals surface area (Å²) < 4.78 is 0. The topological polar surface area (TPSA) is 24.9 Å². The average molecular weight is 256 g/mol. The number of hydrogen-bond acceptors (Lipinski definition) is 2. The van der Waals surface area contributed by atoms with E-state index >= 15 is 0 Å². The monoisotopic (exact) mass is 256 g/mol. The number of nitrogens with zero attached hydrogens (tertiary/aromatic N) is 1. The van der Waals surface area contributed by atoms with Crippen molar-refractivity contribution in [2.75, 3.05) is 5.32 Å². The van der Waals surface area contributed by atoms with E-state index in [1.807, 2.05) is 18.5 Å². The van der Waals surface area contributed by atoms with E-state index in [9.17, 15) is 0 Å². The van der Waals surface area contributed by atoms with Gasteiger partial charge in [-0.3, -0.25) is 4.98 Å². The van der Waals surface area contributed by atoms with Crippen molar-refractivity contribution in [3.8, 4) is 0 Å². The standard InChI is InChI=1S/C17H24N2/c1-12(19-16-3-2-4-18-11-16)17-8-13-5-14(9-17)7-15(6-13)10-17/h2-4,11-15,19H,5-10H2,1H3. The van der Waals surface area contributed by atoms with Gasteiger partial charge >= 0.3 is 0 Å². The van der Waals surface area contributed by atoms with Gasteiger partial charge in [0.25, 0.3) is 0 Å². The van der Waals surface area contributed by atoms with Crippen LogP contribution in [0.5, 0.6) is 0 Å². The summed E-state index contributed by atoms with van der Waals surface area (Å²) in [6.07, 6.45) is 12.8. The van der Waals surface area contributed by atoms with Crippen molar-refractivity contribution in [2.45, 2.75) is 51.5 Å². The molecule has 5 rings (SSSR count). The Morgan fingerprint density at radius 1 is 1.16 bits per heavy atom. The van der Waals surface area contributed by atoms with Gasteiger partial charge in [-0.25, -0.2) is 0 Å². The third-order valence-electron chi connectivity index (χ3n) is 6.05. The summed E-state index contributed by atoms with van der Waals surface area (Å²) in [5.74, 6) is 3.10. The molecule has 102 valence electrons. The molecule has 0 radical (unpaired) electrons. The second-order valence-electron chi connectivity index (χ2n) is 7.39. The lowest BCUT2D eigenvalue weighted by Crippen LogP contribution is -2.52. The summed E-state index contributed by atoms with van der Waals surface area (Å²) in [5, 5.41) is 3.74. The summed E-state index contributed by atoms with van der Waals surface area (Å²) in [7, 11) is 0. The largest absolute Gasteiger partial charge is 0.381 e. The second-order valence-corrected chi connectivity index (χ2v) is 7.39. The zero-order valence-electron chi connectivity index (χ0n) is 11.8. The molecule has 4 fully saturated rings. The molecular formula is C17H24N2. The van der Waals surface area contributed by atoms with E-state index in [0.717, 1.165) is 17.8 Å². The molecule has 1 heterocycles. The van der Waals surface area contributed by atoms with Gasteiger partial charge in [-0.05, 0) is 80.8 Å². The Balaban J connectivity index is 1.55. The molecule has 4 aliphatic rings. The molecule has 19 heavy (non-hydrogen) atoms. The van der Waals surface area contributed by atoms with Gasteiger partial charge in [-0.15, -0.1) is 0 Å². The Kier molecular flexibility index (Phi) is 2.61. The lowest BCUT2D eigenvalue weighted by atomic mass is 9.48. The van der Waals surface area contributed by atoms with Crippen LogP contribution in [-0.4, -0.2) is 11.0 Å². The van der Waals surface area contributed by atoms with E-state index in [2.05, 4.69) is 23.3 Å². The highest BCUT2D eigenvalue weighted by molar-refractivity contribution is 5.41.